The molecular weight excluding hydrogens is 493 g/mol. The van der Waals surface area contributed by atoms with E-state index in [1.807, 2.05) is 39.0 Å². The van der Waals surface area contributed by atoms with Gasteiger partial charge in [0.25, 0.3) is 0 Å². The van der Waals surface area contributed by atoms with Crippen LogP contribution in [0.1, 0.15) is 40.0 Å². The number of ether oxygens (including phenoxy) is 2. The van der Waals surface area contributed by atoms with Crippen LogP contribution in [0.4, 0.5) is 15.0 Å². The molecule has 1 amide bonds. The number of nitrogens with zero attached hydrogens (tertiary/aromatic N) is 5. The van der Waals surface area contributed by atoms with Crippen molar-refractivity contribution in [1.82, 2.24) is 20.1 Å². The van der Waals surface area contributed by atoms with Crippen LogP contribution >= 0.6 is 15.9 Å². The zero-order valence-corrected chi connectivity index (χ0v) is 21.0. The lowest BCUT2D eigenvalue weighted by Gasteiger charge is -2.44. The SMILES string of the molecule is COc1cc(Br)ccc1-c1ncc(N(C)[C@@H]2C[C@H]3CC[C@@H]([C@@H]2F)N3C(=O)OC(C)(C)C)nn1. The highest BCUT2D eigenvalue weighted by Crippen LogP contribution is 2.40. The van der Waals surface area contributed by atoms with Crippen LogP contribution < -0.4 is 9.64 Å². The van der Waals surface area contributed by atoms with Crippen LogP contribution in [0.25, 0.3) is 11.4 Å². The number of hydrogen-bond donors (Lipinski definition) is 0. The van der Waals surface area contributed by atoms with Gasteiger partial charge in [0.1, 0.15) is 17.5 Å². The van der Waals surface area contributed by atoms with Crippen molar-refractivity contribution in [2.45, 2.75) is 69.9 Å². The molecule has 0 aliphatic carbocycles. The van der Waals surface area contributed by atoms with Gasteiger partial charge in [0.15, 0.2) is 11.6 Å². The Morgan fingerprint density at radius 2 is 2.03 bits per heavy atom. The minimum absolute atomic E-state index is 0.0588. The van der Waals surface area contributed by atoms with E-state index >= 15 is 4.39 Å². The van der Waals surface area contributed by atoms with Crippen LogP contribution in [-0.4, -0.2) is 70.2 Å². The zero-order chi connectivity index (χ0) is 23.9. The van der Waals surface area contributed by atoms with Crippen molar-refractivity contribution in [3.63, 3.8) is 0 Å². The third-order valence-corrected chi connectivity index (χ3v) is 6.71. The second-order valence-corrected chi connectivity index (χ2v) is 10.4. The summed E-state index contributed by atoms with van der Waals surface area (Å²) >= 11 is 3.42. The van der Waals surface area contributed by atoms with Crippen molar-refractivity contribution < 1.29 is 18.7 Å². The highest BCUT2D eigenvalue weighted by atomic mass is 79.9. The Morgan fingerprint density at radius 3 is 2.67 bits per heavy atom. The summed E-state index contributed by atoms with van der Waals surface area (Å²) in [7, 11) is 3.38. The average molecular weight is 522 g/mol. The van der Waals surface area contributed by atoms with Gasteiger partial charge in [-0.05, 0) is 58.2 Å². The third-order valence-electron chi connectivity index (χ3n) is 6.21. The maximum absolute atomic E-state index is 15.6. The summed E-state index contributed by atoms with van der Waals surface area (Å²) in [4.78, 5) is 20.5. The third kappa shape index (κ3) is 4.76. The van der Waals surface area contributed by atoms with E-state index in [-0.39, 0.29) is 6.04 Å². The summed E-state index contributed by atoms with van der Waals surface area (Å²) < 4.78 is 27.4. The summed E-state index contributed by atoms with van der Waals surface area (Å²) in [6, 6.07) is 4.58. The molecule has 1 aromatic carbocycles. The van der Waals surface area contributed by atoms with E-state index in [1.54, 1.807) is 30.2 Å². The first-order valence-corrected chi connectivity index (χ1v) is 11.8. The molecule has 10 heteroatoms. The first-order valence-electron chi connectivity index (χ1n) is 11.0. The summed E-state index contributed by atoms with van der Waals surface area (Å²) in [6.07, 6.45) is 1.82. The molecule has 4 atom stereocenters. The van der Waals surface area contributed by atoms with E-state index in [1.165, 1.54) is 0 Å². The number of hydrogen-bond acceptors (Lipinski definition) is 7. The Hall–Kier alpha value is -2.49. The summed E-state index contributed by atoms with van der Waals surface area (Å²) in [6.45, 7) is 5.46. The fraction of sp³-hybridized carbons (Fsp3) is 0.565. The Kier molecular flexibility index (Phi) is 6.48. The predicted octanol–water partition coefficient (Wildman–Crippen LogP) is 4.62. The molecule has 3 heterocycles. The van der Waals surface area contributed by atoms with Crippen LogP contribution in [0.3, 0.4) is 0 Å². The van der Waals surface area contributed by atoms with Crippen LogP contribution in [0.5, 0.6) is 5.75 Å². The van der Waals surface area contributed by atoms with Gasteiger partial charge in [-0.2, -0.15) is 0 Å². The summed E-state index contributed by atoms with van der Waals surface area (Å²) in [5.41, 5.74) is 0.103. The lowest BCUT2D eigenvalue weighted by molar-refractivity contribution is -0.0104. The van der Waals surface area contributed by atoms with Gasteiger partial charge < -0.3 is 14.4 Å². The summed E-state index contributed by atoms with van der Waals surface area (Å²) in [5.74, 6) is 1.53. The van der Waals surface area contributed by atoms with Crippen LogP contribution in [0.15, 0.2) is 28.9 Å². The monoisotopic (exact) mass is 521 g/mol. The molecule has 8 nitrogen and oxygen atoms in total. The first-order chi connectivity index (χ1) is 15.6. The van der Waals surface area contributed by atoms with E-state index < -0.39 is 29.9 Å². The molecule has 0 spiro atoms. The Balaban J connectivity index is 1.50. The van der Waals surface area contributed by atoms with Crippen LogP contribution in [-0.2, 0) is 4.74 Å². The van der Waals surface area contributed by atoms with Crippen LogP contribution in [0, 0.1) is 0 Å². The van der Waals surface area contributed by atoms with Gasteiger partial charge in [0.05, 0.1) is 31.0 Å². The second kappa shape index (κ2) is 9.04. The van der Waals surface area contributed by atoms with Crippen molar-refractivity contribution >= 4 is 27.8 Å². The summed E-state index contributed by atoms with van der Waals surface area (Å²) in [5, 5.41) is 8.57. The number of anilines is 1. The first kappa shape index (κ1) is 23.7. The number of benzene rings is 1. The topological polar surface area (TPSA) is 80.7 Å². The molecule has 1 aromatic heterocycles. The molecule has 2 aliphatic rings. The molecule has 2 fully saturated rings. The van der Waals surface area contributed by atoms with Gasteiger partial charge in [-0.1, -0.05) is 15.9 Å². The van der Waals surface area contributed by atoms with Gasteiger partial charge in [-0.15, -0.1) is 10.2 Å². The second-order valence-electron chi connectivity index (χ2n) is 9.53. The number of alkyl halides is 1. The number of halogens is 2. The van der Waals surface area contributed by atoms with Gasteiger partial charge >= 0.3 is 6.09 Å². The Morgan fingerprint density at radius 1 is 1.27 bits per heavy atom. The van der Waals surface area contributed by atoms with Crippen LogP contribution in [0.2, 0.25) is 0 Å². The lowest BCUT2D eigenvalue weighted by atomic mass is 9.94. The number of methoxy groups -OCH3 is 1. The molecular formula is C23H29BrFN5O3. The largest absolute Gasteiger partial charge is 0.496 e. The molecule has 2 saturated heterocycles. The van der Waals surface area contributed by atoms with E-state index in [0.29, 0.717) is 30.2 Å². The normalized spacial score (nSPS) is 24.5. The fourth-order valence-corrected chi connectivity index (χ4v) is 5.01. The Labute approximate surface area is 201 Å². The molecule has 0 unspecified atom stereocenters. The van der Waals surface area contributed by atoms with E-state index in [2.05, 4.69) is 31.1 Å². The molecule has 2 aliphatic heterocycles. The van der Waals surface area contributed by atoms with E-state index in [9.17, 15) is 4.79 Å². The molecule has 0 saturated carbocycles. The number of piperidine rings is 1. The molecule has 178 valence electrons. The van der Waals surface area contributed by atoms with Gasteiger partial charge in [-0.25, -0.2) is 14.2 Å². The quantitative estimate of drug-likeness (QED) is 0.580. The highest BCUT2D eigenvalue weighted by molar-refractivity contribution is 9.10. The molecule has 33 heavy (non-hydrogen) atoms. The van der Waals surface area contributed by atoms with Gasteiger partial charge in [-0.3, -0.25) is 4.90 Å². The number of fused-ring (bicyclic) bond motifs is 2. The lowest BCUT2D eigenvalue weighted by Crippen LogP contribution is -2.59. The molecule has 2 aromatic rings. The molecule has 0 radical (unpaired) electrons. The van der Waals surface area contributed by atoms with Gasteiger partial charge in [0, 0.05) is 17.6 Å². The van der Waals surface area contributed by atoms with E-state index in [0.717, 1.165) is 16.5 Å². The maximum Gasteiger partial charge on any atom is 0.410 e. The Bertz CT molecular complexity index is 1020. The predicted molar refractivity (Wildman–Crippen MR) is 126 cm³/mol. The van der Waals surface area contributed by atoms with Crippen molar-refractivity contribution in [1.29, 1.82) is 0 Å². The average Bonchev–Trinajstić information content (AvgIpc) is 3.12. The van der Waals surface area contributed by atoms with Gasteiger partial charge in [0.2, 0.25) is 0 Å². The number of aromatic nitrogens is 3. The smallest absolute Gasteiger partial charge is 0.410 e. The van der Waals surface area contributed by atoms with Crippen molar-refractivity contribution in [3.8, 4) is 17.1 Å². The standard InChI is InChI=1S/C23H29BrFN5O3/c1-23(2,3)33-22(31)30-14-7-9-16(30)20(25)17(11-14)29(4)19-12-26-21(28-27-19)15-8-6-13(24)10-18(15)32-5/h6,8,10,12,14,16-17,20H,7,9,11H2,1-5H3/t14-,16+,17-,20+/m1/s1. The van der Waals surface area contributed by atoms with E-state index in [4.69, 9.17) is 9.47 Å². The zero-order valence-electron chi connectivity index (χ0n) is 19.5. The molecule has 4 rings (SSSR count). The number of carbonyl (C=O) groups excluding carboxylic acids is 1. The number of rotatable bonds is 4. The van der Waals surface area contributed by atoms with Crippen molar-refractivity contribution in [3.05, 3.63) is 28.9 Å². The fourth-order valence-electron chi connectivity index (χ4n) is 4.67. The maximum atomic E-state index is 15.6. The van der Waals surface area contributed by atoms with Crippen molar-refractivity contribution in [2.24, 2.45) is 0 Å². The number of carbonyl (C=O) groups is 1. The molecule has 2 bridgehead atoms. The highest BCUT2D eigenvalue weighted by Gasteiger charge is 2.52. The minimum atomic E-state index is -1.23. The number of amides is 1. The minimum Gasteiger partial charge on any atom is -0.496 e. The van der Waals surface area contributed by atoms with Crippen molar-refractivity contribution in [2.75, 3.05) is 19.1 Å². The molecule has 0 N–H and O–H groups in total.